The first kappa shape index (κ1) is 12.9. The Morgan fingerprint density at radius 3 is 2.63 bits per heavy atom. The molecule has 1 saturated heterocycles. The minimum Gasteiger partial charge on any atom is -0.373 e. The molecule has 19 heavy (non-hydrogen) atoms. The number of ketones is 1. The molecular formula is C16H21NO2. The molecule has 1 aliphatic heterocycles. The number of Topliss-reactive ketones (excluding diaryl/α,β-unsaturated/α-hetero) is 1. The number of ether oxygens (including phenoxy) is 1. The van der Waals surface area contributed by atoms with E-state index in [9.17, 15) is 4.79 Å². The first-order valence-electron chi connectivity index (χ1n) is 7.36. The van der Waals surface area contributed by atoms with Crippen LogP contribution >= 0.6 is 0 Å². The summed E-state index contributed by atoms with van der Waals surface area (Å²) in [6.07, 6.45) is 8.13. The minimum absolute atomic E-state index is 0.0450. The van der Waals surface area contributed by atoms with Crippen molar-refractivity contribution in [1.82, 2.24) is 0 Å². The second-order valence-electron chi connectivity index (χ2n) is 6.77. The van der Waals surface area contributed by atoms with E-state index in [-0.39, 0.29) is 17.8 Å². The van der Waals surface area contributed by atoms with Gasteiger partial charge in [-0.05, 0) is 45.4 Å². The normalized spacial score (nSPS) is 37.8. The molecule has 1 saturated carbocycles. The van der Waals surface area contributed by atoms with Gasteiger partial charge in [0.25, 0.3) is 0 Å². The number of hydrogen-bond acceptors (Lipinski definition) is 3. The molecule has 2 unspecified atom stereocenters. The molecule has 3 atom stereocenters. The van der Waals surface area contributed by atoms with Crippen LogP contribution in [0.2, 0.25) is 0 Å². The highest BCUT2D eigenvalue weighted by Crippen LogP contribution is 2.46. The largest absolute Gasteiger partial charge is 0.373 e. The van der Waals surface area contributed by atoms with Gasteiger partial charge in [-0.3, -0.25) is 4.79 Å². The molecule has 2 fully saturated rings. The van der Waals surface area contributed by atoms with Crippen LogP contribution in [0.3, 0.4) is 0 Å². The molecule has 0 bridgehead atoms. The molecule has 3 heteroatoms. The number of carbonyl (C=O) groups excluding carboxylic acids is 1. The van der Waals surface area contributed by atoms with E-state index in [1.807, 2.05) is 19.9 Å². The highest BCUT2D eigenvalue weighted by atomic mass is 16.5. The van der Waals surface area contributed by atoms with Crippen LogP contribution in [0.25, 0.3) is 0 Å². The van der Waals surface area contributed by atoms with Crippen LogP contribution in [0.1, 0.15) is 46.0 Å². The second-order valence-corrected chi connectivity index (χ2v) is 6.77. The summed E-state index contributed by atoms with van der Waals surface area (Å²) in [5.41, 5.74) is -0.232. The fourth-order valence-corrected chi connectivity index (χ4v) is 3.75. The van der Waals surface area contributed by atoms with Crippen LogP contribution < -0.4 is 0 Å². The van der Waals surface area contributed by atoms with E-state index in [1.165, 1.54) is 19.3 Å². The highest BCUT2D eigenvalue weighted by molar-refractivity contribution is 6.04. The van der Waals surface area contributed by atoms with E-state index < -0.39 is 5.41 Å². The van der Waals surface area contributed by atoms with Gasteiger partial charge < -0.3 is 4.74 Å². The Morgan fingerprint density at radius 2 is 2.05 bits per heavy atom. The molecule has 1 heterocycles. The molecule has 0 aromatic rings. The molecule has 102 valence electrons. The lowest BCUT2D eigenvalue weighted by Gasteiger charge is -2.48. The lowest BCUT2D eigenvalue weighted by Crippen LogP contribution is -2.52. The van der Waals surface area contributed by atoms with Crippen LogP contribution in [-0.2, 0) is 9.53 Å². The third-order valence-corrected chi connectivity index (χ3v) is 5.21. The van der Waals surface area contributed by atoms with Crippen molar-refractivity contribution < 1.29 is 9.53 Å². The van der Waals surface area contributed by atoms with Crippen LogP contribution in [0.4, 0.5) is 0 Å². The number of carbonyl (C=O) groups is 1. The van der Waals surface area contributed by atoms with Gasteiger partial charge in [0.15, 0.2) is 5.78 Å². The van der Waals surface area contributed by atoms with Gasteiger partial charge in [-0.2, -0.15) is 5.26 Å². The zero-order chi connectivity index (χ0) is 13.6. The van der Waals surface area contributed by atoms with Gasteiger partial charge in [0.05, 0.1) is 23.2 Å². The maximum Gasteiger partial charge on any atom is 0.181 e. The molecule has 0 aromatic carbocycles. The van der Waals surface area contributed by atoms with Gasteiger partial charge in [-0.25, -0.2) is 0 Å². The first-order chi connectivity index (χ1) is 9.04. The SMILES string of the molecule is CC1(C)C(=O)C(C#N)=CC2CCC(C3CCC3)O[C@@H]21. The molecule has 0 aromatic heterocycles. The third kappa shape index (κ3) is 1.94. The molecule has 3 nitrogen and oxygen atoms in total. The summed E-state index contributed by atoms with van der Waals surface area (Å²) < 4.78 is 6.30. The molecule has 0 N–H and O–H groups in total. The van der Waals surface area contributed by atoms with Gasteiger partial charge in [-0.15, -0.1) is 0 Å². The summed E-state index contributed by atoms with van der Waals surface area (Å²) >= 11 is 0. The van der Waals surface area contributed by atoms with Crippen molar-refractivity contribution in [3.63, 3.8) is 0 Å². The molecule has 3 rings (SSSR count). The molecule has 0 spiro atoms. The van der Waals surface area contributed by atoms with Crippen LogP contribution in [0.5, 0.6) is 0 Å². The van der Waals surface area contributed by atoms with Crippen molar-refractivity contribution in [1.29, 1.82) is 5.26 Å². The Bertz CT molecular complexity index is 468. The standard InChI is InChI=1S/C16H21NO2/c1-16(2)14(18)12(9-17)8-11-6-7-13(19-15(11)16)10-4-3-5-10/h8,10-11,13,15H,3-7H2,1-2H3/t11?,13?,15-/m0/s1. The van der Waals surface area contributed by atoms with Crippen molar-refractivity contribution in [2.24, 2.45) is 17.3 Å². The van der Waals surface area contributed by atoms with Crippen molar-refractivity contribution in [3.8, 4) is 6.07 Å². The predicted octanol–water partition coefficient (Wildman–Crippen LogP) is 3.01. The molecule has 0 amide bonds. The lowest BCUT2D eigenvalue weighted by molar-refractivity contribution is -0.166. The fraction of sp³-hybridized carbons (Fsp3) is 0.750. The Kier molecular flexibility index (Phi) is 3.02. The van der Waals surface area contributed by atoms with Gasteiger partial charge in [-0.1, -0.05) is 12.5 Å². The molecule has 0 radical (unpaired) electrons. The quantitative estimate of drug-likeness (QED) is 0.727. The van der Waals surface area contributed by atoms with Gasteiger partial charge >= 0.3 is 0 Å². The smallest absolute Gasteiger partial charge is 0.181 e. The maximum absolute atomic E-state index is 12.3. The number of fused-ring (bicyclic) bond motifs is 1. The number of nitriles is 1. The Hall–Kier alpha value is -1.14. The predicted molar refractivity (Wildman–Crippen MR) is 71.2 cm³/mol. The topological polar surface area (TPSA) is 50.1 Å². The summed E-state index contributed by atoms with van der Waals surface area (Å²) in [5, 5.41) is 9.09. The summed E-state index contributed by atoms with van der Waals surface area (Å²) in [7, 11) is 0. The number of hydrogen-bond donors (Lipinski definition) is 0. The van der Waals surface area contributed by atoms with Gasteiger partial charge in [0.2, 0.25) is 0 Å². The minimum atomic E-state index is -0.563. The average molecular weight is 259 g/mol. The van der Waals surface area contributed by atoms with Crippen LogP contribution in [-0.4, -0.2) is 18.0 Å². The van der Waals surface area contributed by atoms with E-state index in [0.717, 1.165) is 12.8 Å². The molecule has 3 aliphatic rings. The van der Waals surface area contributed by atoms with E-state index in [1.54, 1.807) is 0 Å². The summed E-state index contributed by atoms with van der Waals surface area (Å²) in [5.74, 6) is 0.886. The Morgan fingerprint density at radius 1 is 1.32 bits per heavy atom. The van der Waals surface area contributed by atoms with Crippen molar-refractivity contribution in [2.75, 3.05) is 0 Å². The summed E-state index contributed by atoms with van der Waals surface area (Å²) in [6, 6.07) is 2.05. The second kappa shape index (κ2) is 4.45. The number of allylic oxidation sites excluding steroid dienone is 1. The van der Waals surface area contributed by atoms with E-state index in [4.69, 9.17) is 10.00 Å². The average Bonchev–Trinajstić information content (AvgIpc) is 2.32. The maximum atomic E-state index is 12.3. The van der Waals surface area contributed by atoms with Crippen LogP contribution in [0, 0.1) is 28.6 Å². The highest BCUT2D eigenvalue weighted by Gasteiger charge is 2.50. The van der Waals surface area contributed by atoms with Gasteiger partial charge in [0, 0.05) is 5.92 Å². The van der Waals surface area contributed by atoms with Crippen molar-refractivity contribution in [2.45, 2.75) is 58.2 Å². The van der Waals surface area contributed by atoms with Crippen molar-refractivity contribution in [3.05, 3.63) is 11.6 Å². The monoisotopic (exact) mass is 259 g/mol. The summed E-state index contributed by atoms with van der Waals surface area (Å²) in [6.45, 7) is 3.86. The number of rotatable bonds is 1. The van der Waals surface area contributed by atoms with E-state index >= 15 is 0 Å². The van der Waals surface area contributed by atoms with Crippen molar-refractivity contribution >= 4 is 5.78 Å². The Balaban J connectivity index is 1.85. The zero-order valence-electron chi connectivity index (χ0n) is 11.7. The third-order valence-electron chi connectivity index (χ3n) is 5.21. The first-order valence-corrected chi connectivity index (χ1v) is 7.36. The molecular weight excluding hydrogens is 238 g/mol. The Labute approximate surface area is 114 Å². The van der Waals surface area contributed by atoms with Gasteiger partial charge in [0.1, 0.15) is 6.07 Å². The summed E-state index contributed by atoms with van der Waals surface area (Å²) in [4.78, 5) is 12.3. The zero-order valence-corrected chi connectivity index (χ0v) is 11.7. The van der Waals surface area contributed by atoms with E-state index in [0.29, 0.717) is 17.6 Å². The fourth-order valence-electron chi connectivity index (χ4n) is 3.75. The number of nitrogens with zero attached hydrogens (tertiary/aromatic N) is 1. The molecule has 2 aliphatic carbocycles. The van der Waals surface area contributed by atoms with Crippen LogP contribution in [0.15, 0.2) is 11.6 Å². The lowest BCUT2D eigenvalue weighted by atomic mass is 9.66. The van der Waals surface area contributed by atoms with E-state index in [2.05, 4.69) is 6.07 Å².